The average Bonchev–Trinajstić information content (AvgIpc) is 3.04. The van der Waals surface area contributed by atoms with Crippen LogP contribution in [0, 0.1) is 5.82 Å². The zero-order valence-corrected chi connectivity index (χ0v) is 12.9. The first-order chi connectivity index (χ1) is 11.2. The Morgan fingerprint density at radius 1 is 1.17 bits per heavy atom. The molecule has 0 aliphatic heterocycles. The molecule has 23 heavy (non-hydrogen) atoms. The summed E-state index contributed by atoms with van der Waals surface area (Å²) in [7, 11) is 0. The number of hydrogen-bond acceptors (Lipinski definition) is 5. The molecule has 0 radical (unpaired) electrons. The molecule has 0 bridgehead atoms. The van der Waals surface area contributed by atoms with Crippen molar-refractivity contribution >= 4 is 17.3 Å². The number of halogens is 1. The van der Waals surface area contributed by atoms with Gasteiger partial charge < -0.3 is 4.74 Å². The molecule has 3 aromatic rings. The standard InChI is InChI=1S/C17H13FN2O2S/c18-14-7-2-1-5-12(14)9-16-20-15(11-23-16)17(21)22-10-13-6-3-4-8-19-13/h1-8,11H,9-10H2. The predicted molar refractivity (Wildman–Crippen MR) is 84.7 cm³/mol. The Morgan fingerprint density at radius 3 is 2.78 bits per heavy atom. The molecular weight excluding hydrogens is 315 g/mol. The SMILES string of the molecule is O=C(OCc1ccccn1)c1csc(Cc2ccccc2F)n1. The van der Waals surface area contributed by atoms with E-state index in [1.807, 2.05) is 6.07 Å². The van der Waals surface area contributed by atoms with Gasteiger partial charge in [-0.15, -0.1) is 11.3 Å². The molecule has 0 fully saturated rings. The van der Waals surface area contributed by atoms with Crippen molar-refractivity contribution in [3.8, 4) is 0 Å². The lowest BCUT2D eigenvalue weighted by Crippen LogP contribution is -2.06. The van der Waals surface area contributed by atoms with Gasteiger partial charge >= 0.3 is 5.97 Å². The van der Waals surface area contributed by atoms with Crippen LogP contribution in [0.15, 0.2) is 54.0 Å². The van der Waals surface area contributed by atoms with E-state index in [1.54, 1.807) is 41.9 Å². The van der Waals surface area contributed by atoms with Gasteiger partial charge in [-0.05, 0) is 23.8 Å². The number of aromatic nitrogens is 2. The van der Waals surface area contributed by atoms with E-state index in [4.69, 9.17) is 4.74 Å². The van der Waals surface area contributed by atoms with Crippen molar-refractivity contribution in [3.05, 3.63) is 81.8 Å². The molecule has 0 spiro atoms. The molecule has 1 aromatic carbocycles. The van der Waals surface area contributed by atoms with Gasteiger partial charge in [0.1, 0.15) is 12.4 Å². The van der Waals surface area contributed by atoms with Crippen molar-refractivity contribution < 1.29 is 13.9 Å². The van der Waals surface area contributed by atoms with Gasteiger partial charge in [0.05, 0.1) is 10.7 Å². The van der Waals surface area contributed by atoms with Crippen molar-refractivity contribution in [1.29, 1.82) is 0 Å². The van der Waals surface area contributed by atoms with Gasteiger partial charge in [-0.1, -0.05) is 24.3 Å². The fourth-order valence-corrected chi connectivity index (χ4v) is 2.77. The quantitative estimate of drug-likeness (QED) is 0.671. The van der Waals surface area contributed by atoms with Crippen LogP contribution in [-0.2, 0) is 17.8 Å². The number of pyridine rings is 1. The number of benzene rings is 1. The van der Waals surface area contributed by atoms with Gasteiger partial charge in [-0.2, -0.15) is 0 Å². The number of carbonyl (C=O) groups excluding carboxylic acids is 1. The van der Waals surface area contributed by atoms with Crippen LogP contribution in [0.1, 0.15) is 26.8 Å². The summed E-state index contributed by atoms with van der Waals surface area (Å²) in [5.74, 6) is -0.784. The van der Waals surface area contributed by atoms with Crippen LogP contribution < -0.4 is 0 Å². The number of esters is 1. The van der Waals surface area contributed by atoms with Crippen LogP contribution in [0.4, 0.5) is 4.39 Å². The molecule has 116 valence electrons. The maximum Gasteiger partial charge on any atom is 0.358 e. The highest BCUT2D eigenvalue weighted by molar-refractivity contribution is 7.09. The van der Waals surface area contributed by atoms with Crippen LogP contribution in [0.2, 0.25) is 0 Å². The molecule has 2 aromatic heterocycles. The van der Waals surface area contributed by atoms with Crippen molar-refractivity contribution in [2.24, 2.45) is 0 Å². The van der Waals surface area contributed by atoms with Crippen LogP contribution in [0.3, 0.4) is 0 Å². The second kappa shape index (κ2) is 7.11. The van der Waals surface area contributed by atoms with Crippen molar-refractivity contribution in [2.45, 2.75) is 13.0 Å². The Bertz CT molecular complexity index is 805. The van der Waals surface area contributed by atoms with Gasteiger partial charge in [-0.3, -0.25) is 4.98 Å². The molecule has 0 aliphatic rings. The summed E-state index contributed by atoms with van der Waals surface area (Å²) in [5, 5.41) is 2.29. The third-order valence-corrected chi connectivity index (χ3v) is 3.99. The predicted octanol–water partition coefficient (Wildman–Crippen LogP) is 3.63. The summed E-state index contributed by atoms with van der Waals surface area (Å²) in [6, 6.07) is 11.9. The van der Waals surface area contributed by atoms with E-state index in [-0.39, 0.29) is 18.1 Å². The third-order valence-electron chi connectivity index (χ3n) is 3.14. The number of carbonyl (C=O) groups is 1. The highest BCUT2D eigenvalue weighted by Crippen LogP contribution is 2.17. The van der Waals surface area contributed by atoms with Gasteiger partial charge in [0.15, 0.2) is 5.69 Å². The number of thiazole rings is 1. The molecule has 0 atom stereocenters. The molecule has 0 N–H and O–H groups in total. The second-order valence-corrected chi connectivity index (χ2v) is 5.73. The summed E-state index contributed by atoms with van der Waals surface area (Å²) in [6.45, 7) is 0.0971. The summed E-state index contributed by atoms with van der Waals surface area (Å²) >= 11 is 1.31. The van der Waals surface area contributed by atoms with E-state index >= 15 is 0 Å². The van der Waals surface area contributed by atoms with E-state index in [0.717, 1.165) is 0 Å². The fraction of sp³-hybridized carbons (Fsp3) is 0.118. The first-order valence-electron chi connectivity index (χ1n) is 6.97. The first-order valence-corrected chi connectivity index (χ1v) is 7.85. The number of rotatable bonds is 5. The monoisotopic (exact) mass is 328 g/mol. The van der Waals surface area contributed by atoms with E-state index in [1.165, 1.54) is 17.4 Å². The Labute approximate surface area is 136 Å². The number of hydrogen-bond donors (Lipinski definition) is 0. The van der Waals surface area contributed by atoms with Crippen molar-refractivity contribution in [2.75, 3.05) is 0 Å². The van der Waals surface area contributed by atoms with Crippen molar-refractivity contribution in [1.82, 2.24) is 9.97 Å². The minimum absolute atomic E-state index is 0.0971. The van der Waals surface area contributed by atoms with Gasteiger partial charge in [0.2, 0.25) is 0 Å². The van der Waals surface area contributed by atoms with Gasteiger partial charge in [-0.25, -0.2) is 14.2 Å². The third kappa shape index (κ3) is 3.98. The van der Waals surface area contributed by atoms with E-state index in [2.05, 4.69) is 9.97 Å². The topological polar surface area (TPSA) is 52.1 Å². The molecule has 0 aliphatic carbocycles. The summed E-state index contributed by atoms with van der Waals surface area (Å²) in [4.78, 5) is 20.3. The molecule has 2 heterocycles. The molecule has 0 unspecified atom stereocenters. The molecular formula is C17H13FN2O2S. The lowest BCUT2D eigenvalue weighted by atomic mass is 10.1. The maximum atomic E-state index is 13.6. The lowest BCUT2D eigenvalue weighted by molar-refractivity contribution is 0.0461. The zero-order chi connectivity index (χ0) is 16.1. The zero-order valence-electron chi connectivity index (χ0n) is 12.1. The van der Waals surface area contributed by atoms with E-state index < -0.39 is 5.97 Å². The fourth-order valence-electron chi connectivity index (χ4n) is 1.99. The molecule has 0 saturated heterocycles. The average molecular weight is 328 g/mol. The highest BCUT2D eigenvalue weighted by Gasteiger charge is 2.13. The summed E-state index contributed by atoms with van der Waals surface area (Å²) in [5.41, 5.74) is 1.45. The largest absolute Gasteiger partial charge is 0.454 e. The molecule has 0 saturated carbocycles. The van der Waals surface area contributed by atoms with E-state index in [9.17, 15) is 9.18 Å². The first kappa shape index (κ1) is 15.3. The molecule has 3 rings (SSSR count). The normalized spacial score (nSPS) is 10.5. The van der Waals surface area contributed by atoms with Crippen LogP contribution >= 0.6 is 11.3 Å². The van der Waals surface area contributed by atoms with Gasteiger partial charge in [0, 0.05) is 18.0 Å². The van der Waals surface area contributed by atoms with Crippen molar-refractivity contribution in [3.63, 3.8) is 0 Å². The maximum absolute atomic E-state index is 13.6. The van der Waals surface area contributed by atoms with E-state index in [0.29, 0.717) is 22.7 Å². The lowest BCUT2D eigenvalue weighted by Gasteiger charge is -2.02. The second-order valence-electron chi connectivity index (χ2n) is 4.79. The smallest absolute Gasteiger partial charge is 0.358 e. The summed E-state index contributed by atoms with van der Waals surface area (Å²) in [6.07, 6.45) is 1.99. The summed E-state index contributed by atoms with van der Waals surface area (Å²) < 4.78 is 18.8. The highest BCUT2D eigenvalue weighted by atomic mass is 32.1. The van der Waals surface area contributed by atoms with Crippen LogP contribution in [-0.4, -0.2) is 15.9 Å². The minimum Gasteiger partial charge on any atom is -0.454 e. The molecule has 4 nitrogen and oxygen atoms in total. The van der Waals surface area contributed by atoms with Crippen LogP contribution in [0.25, 0.3) is 0 Å². The number of nitrogens with zero attached hydrogens (tertiary/aromatic N) is 2. The molecule has 0 amide bonds. The Morgan fingerprint density at radius 2 is 2.00 bits per heavy atom. The number of ether oxygens (including phenoxy) is 1. The molecule has 6 heteroatoms. The Balaban J connectivity index is 1.62. The Hall–Kier alpha value is -2.60. The van der Waals surface area contributed by atoms with Gasteiger partial charge in [0.25, 0.3) is 0 Å². The Kier molecular flexibility index (Phi) is 4.73. The van der Waals surface area contributed by atoms with Crippen LogP contribution in [0.5, 0.6) is 0 Å². The minimum atomic E-state index is -0.508.